The second-order valence-corrected chi connectivity index (χ2v) is 8.00. The average Bonchev–Trinajstić information content (AvgIpc) is 3.57. The number of nitrogens with zero attached hydrogens (tertiary/aromatic N) is 5. The number of nitrogens with one attached hydrogen (secondary N) is 1. The van der Waals surface area contributed by atoms with Gasteiger partial charge in [-0.2, -0.15) is 15.0 Å². The highest BCUT2D eigenvalue weighted by Crippen LogP contribution is 2.33. The molecule has 0 amide bonds. The zero-order chi connectivity index (χ0) is 23.3. The Hall–Kier alpha value is -3.98. The lowest BCUT2D eigenvalue weighted by molar-refractivity contribution is 0.180. The second kappa shape index (κ2) is 9.88. The highest BCUT2D eigenvalue weighted by atomic mass is 16.5. The van der Waals surface area contributed by atoms with Crippen LogP contribution in [0.5, 0.6) is 5.75 Å². The summed E-state index contributed by atoms with van der Waals surface area (Å²) >= 11 is 0. The van der Waals surface area contributed by atoms with Crippen molar-refractivity contribution in [2.75, 3.05) is 37.6 Å². The number of ether oxygens (including phenoxy) is 2. The topological polar surface area (TPSA) is 98.4 Å². The molecule has 9 nitrogen and oxygen atoms in total. The van der Waals surface area contributed by atoms with Crippen molar-refractivity contribution >= 4 is 17.6 Å². The molecule has 0 aliphatic carbocycles. The molecular weight excluding hydrogens is 432 g/mol. The summed E-state index contributed by atoms with van der Waals surface area (Å²) in [5.41, 5.74) is 2.52. The number of oxazole rings is 1. The van der Waals surface area contributed by atoms with Gasteiger partial charge in [0.1, 0.15) is 5.75 Å². The summed E-state index contributed by atoms with van der Waals surface area (Å²) in [5, 5.41) is 3.33. The van der Waals surface area contributed by atoms with E-state index in [1.54, 1.807) is 20.4 Å². The van der Waals surface area contributed by atoms with Gasteiger partial charge in [0.2, 0.25) is 11.9 Å². The molecular formula is C25H26N6O3. The molecule has 0 radical (unpaired) electrons. The molecule has 1 unspecified atom stereocenters. The number of benzene rings is 2. The van der Waals surface area contributed by atoms with Gasteiger partial charge in [-0.15, -0.1) is 0 Å². The Balaban J connectivity index is 1.51. The summed E-state index contributed by atoms with van der Waals surface area (Å²) in [7, 11) is 3.35. The lowest BCUT2D eigenvalue weighted by Crippen LogP contribution is -2.34. The van der Waals surface area contributed by atoms with Gasteiger partial charge < -0.3 is 24.1 Å². The molecule has 9 heteroatoms. The van der Waals surface area contributed by atoms with Gasteiger partial charge in [-0.1, -0.05) is 30.3 Å². The van der Waals surface area contributed by atoms with Gasteiger partial charge in [0, 0.05) is 31.0 Å². The Morgan fingerprint density at radius 1 is 1.09 bits per heavy atom. The highest BCUT2D eigenvalue weighted by molar-refractivity contribution is 5.71. The lowest BCUT2D eigenvalue weighted by atomic mass is 10.1. The Bertz CT molecular complexity index is 1230. The maximum absolute atomic E-state index is 5.58. The van der Waals surface area contributed by atoms with Crippen molar-refractivity contribution in [3.8, 4) is 28.5 Å². The van der Waals surface area contributed by atoms with Gasteiger partial charge in [0.25, 0.3) is 0 Å². The van der Waals surface area contributed by atoms with E-state index < -0.39 is 0 Å². The molecule has 1 fully saturated rings. The van der Waals surface area contributed by atoms with Gasteiger partial charge in [-0.3, -0.25) is 0 Å². The molecule has 2 aromatic heterocycles. The molecule has 174 valence electrons. The van der Waals surface area contributed by atoms with Crippen molar-refractivity contribution in [3.05, 3.63) is 61.1 Å². The minimum Gasteiger partial charge on any atom is -0.496 e. The standard InChI is InChI=1S/C25H26N6O3/c1-32-15-19-9-6-12-31(19)25-29-23(17-7-4-3-5-8-17)28-24(30-25)27-18-10-11-20(21(13-18)33-2)22-14-26-16-34-22/h3-5,7-8,10-11,13-14,16,19H,6,9,12,15H2,1-2H3,(H,27,28,29,30). The Labute approximate surface area is 197 Å². The summed E-state index contributed by atoms with van der Waals surface area (Å²) < 4.78 is 16.4. The van der Waals surface area contributed by atoms with E-state index in [1.807, 2.05) is 48.5 Å². The lowest BCUT2D eigenvalue weighted by Gasteiger charge is -2.24. The first kappa shape index (κ1) is 21.8. The van der Waals surface area contributed by atoms with E-state index in [0.717, 1.165) is 36.2 Å². The molecule has 1 aliphatic rings. The summed E-state index contributed by atoms with van der Waals surface area (Å²) in [6.07, 6.45) is 5.17. The number of rotatable bonds is 8. The maximum atomic E-state index is 5.58. The van der Waals surface area contributed by atoms with Crippen LogP contribution in [0, 0.1) is 0 Å². The van der Waals surface area contributed by atoms with Crippen molar-refractivity contribution < 1.29 is 13.9 Å². The third-order valence-corrected chi connectivity index (χ3v) is 5.80. The van der Waals surface area contributed by atoms with Crippen LogP contribution in [0.25, 0.3) is 22.7 Å². The summed E-state index contributed by atoms with van der Waals surface area (Å²) in [5.74, 6) is 3.00. The van der Waals surface area contributed by atoms with E-state index in [2.05, 4.69) is 15.2 Å². The van der Waals surface area contributed by atoms with Gasteiger partial charge in [-0.25, -0.2) is 4.98 Å². The van der Waals surface area contributed by atoms with E-state index in [1.165, 1.54) is 6.39 Å². The van der Waals surface area contributed by atoms with Crippen LogP contribution in [0.2, 0.25) is 0 Å². The molecule has 0 bridgehead atoms. The van der Waals surface area contributed by atoms with Crippen molar-refractivity contribution in [1.29, 1.82) is 0 Å². The molecule has 34 heavy (non-hydrogen) atoms. The van der Waals surface area contributed by atoms with Gasteiger partial charge in [-0.05, 0) is 25.0 Å². The minimum atomic E-state index is 0.241. The molecule has 1 aliphatic heterocycles. The molecule has 0 spiro atoms. The fourth-order valence-electron chi connectivity index (χ4n) is 4.18. The predicted octanol–water partition coefficient (Wildman–Crippen LogP) is 4.56. The number of hydrogen-bond donors (Lipinski definition) is 1. The predicted molar refractivity (Wildman–Crippen MR) is 129 cm³/mol. The normalized spacial score (nSPS) is 15.5. The maximum Gasteiger partial charge on any atom is 0.232 e. The summed E-state index contributed by atoms with van der Waals surface area (Å²) in [4.78, 5) is 20.5. The van der Waals surface area contributed by atoms with Crippen LogP contribution in [0.4, 0.5) is 17.6 Å². The Morgan fingerprint density at radius 2 is 1.97 bits per heavy atom. The van der Waals surface area contributed by atoms with Crippen LogP contribution in [-0.2, 0) is 4.74 Å². The van der Waals surface area contributed by atoms with Crippen LogP contribution >= 0.6 is 0 Å². The third kappa shape index (κ3) is 4.55. The van der Waals surface area contributed by atoms with Gasteiger partial charge in [0.15, 0.2) is 18.0 Å². The van der Waals surface area contributed by atoms with E-state index >= 15 is 0 Å². The first-order valence-electron chi connectivity index (χ1n) is 11.2. The Kier molecular flexibility index (Phi) is 6.35. The van der Waals surface area contributed by atoms with E-state index in [0.29, 0.717) is 35.8 Å². The second-order valence-electron chi connectivity index (χ2n) is 8.00. The smallest absolute Gasteiger partial charge is 0.232 e. The quantitative estimate of drug-likeness (QED) is 0.407. The molecule has 1 saturated heterocycles. The number of hydrogen-bond acceptors (Lipinski definition) is 9. The van der Waals surface area contributed by atoms with E-state index in [-0.39, 0.29) is 6.04 Å². The van der Waals surface area contributed by atoms with Crippen molar-refractivity contribution in [1.82, 2.24) is 19.9 Å². The summed E-state index contributed by atoms with van der Waals surface area (Å²) in [6, 6.07) is 15.9. The molecule has 1 N–H and O–H groups in total. The molecule has 4 aromatic rings. The third-order valence-electron chi connectivity index (χ3n) is 5.80. The SMILES string of the molecule is COCC1CCCN1c1nc(Nc2ccc(-c3cnco3)c(OC)c2)nc(-c2ccccc2)n1. The minimum absolute atomic E-state index is 0.241. The first-order valence-corrected chi connectivity index (χ1v) is 11.2. The fourth-order valence-corrected chi connectivity index (χ4v) is 4.18. The molecule has 3 heterocycles. The van der Waals surface area contributed by atoms with Crippen LogP contribution in [-0.4, -0.2) is 53.3 Å². The van der Waals surface area contributed by atoms with Gasteiger partial charge in [0.05, 0.1) is 31.5 Å². The summed E-state index contributed by atoms with van der Waals surface area (Å²) in [6.45, 7) is 1.51. The van der Waals surface area contributed by atoms with Crippen LogP contribution in [0.15, 0.2) is 65.5 Å². The highest BCUT2D eigenvalue weighted by Gasteiger charge is 2.27. The number of methoxy groups -OCH3 is 2. The fraction of sp³-hybridized carbons (Fsp3) is 0.280. The largest absolute Gasteiger partial charge is 0.496 e. The van der Waals surface area contributed by atoms with Crippen LogP contribution in [0.3, 0.4) is 0 Å². The zero-order valence-corrected chi connectivity index (χ0v) is 19.1. The van der Waals surface area contributed by atoms with E-state index in [4.69, 9.17) is 28.8 Å². The molecule has 5 rings (SSSR count). The monoisotopic (exact) mass is 458 g/mol. The molecule has 1 atom stereocenters. The van der Waals surface area contributed by atoms with Crippen LogP contribution < -0.4 is 15.0 Å². The van der Waals surface area contributed by atoms with Crippen molar-refractivity contribution in [2.24, 2.45) is 0 Å². The van der Waals surface area contributed by atoms with Gasteiger partial charge >= 0.3 is 0 Å². The number of anilines is 3. The van der Waals surface area contributed by atoms with Crippen LogP contribution in [0.1, 0.15) is 12.8 Å². The average molecular weight is 459 g/mol. The zero-order valence-electron chi connectivity index (χ0n) is 19.1. The first-order chi connectivity index (χ1) is 16.7. The van der Waals surface area contributed by atoms with E-state index in [9.17, 15) is 0 Å². The van der Waals surface area contributed by atoms with Crippen molar-refractivity contribution in [3.63, 3.8) is 0 Å². The molecule has 2 aromatic carbocycles. The Morgan fingerprint density at radius 3 is 2.74 bits per heavy atom. The molecule has 0 saturated carbocycles. The number of aromatic nitrogens is 4. The van der Waals surface area contributed by atoms with Crippen molar-refractivity contribution in [2.45, 2.75) is 18.9 Å².